The second-order valence-electron chi connectivity index (χ2n) is 4.83. The van der Waals surface area contributed by atoms with Crippen LogP contribution in [0, 0.1) is 0 Å². The first-order chi connectivity index (χ1) is 9.47. The number of hydrogen-bond acceptors (Lipinski definition) is 1. The second-order valence-corrected chi connectivity index (χ2v) is 6.59. The van der Waals surface area contributed by atoms with Crippen molar-refractivity contribution < 1.29 is 0 Å². The third-order valence-electron chi connectivity index (χ3n) is 3.28. The monoisotopic (exact) mass is 371 g/mol. The third-order valence-corrected chi connectivity index (χ3v) is 4.33. The van der Waals surface area contributed by atoms with E-state index < -0.39 is 0 Å². The molecule has 0 fully saturated rings. The van der Waals surface area contributed by atoms with Crippen LogP contribution in [0.1, 0.15) is 37.1 Å². The quantitative estimate of drug-likeness (QED) is 0.676. The molecule has 1 nitrogen and oxygen atoms in total. The van der Waals surface area contributed by atoms with Crippen LogP contribution >= 0.6 is 39.1 Å². The van der Waals surface area contributed by atoms with Crippen LogP contribution in [0.25, 0.3) is 0 Å². The topological polar surface area (TPSA) is 12.0 Å². The molecule has 0 amide bonds. The number of nitrogens with one attached hydrogen (secondary N) is 1. The molecule has 0 radical (unpaired) electrons. The molecule has 4 heteroatoms. The van der Waals surface area contributed by atoms with E-state index in [-0.39, 0.29) is 12.1 Å². The number of rotatable bonds is 4. The fraction of sp³-hybridized carbons (Fsp3) is 0.250. The molecule has 2 unspecified atom stereocenters. The fourth-order valence-corrected chi connectivity index (χ4v) is 3.23. The van der Waals surface area contributed by atoms with Crippen molar-refractivity contribution in [3.05, 3.63) is 68.1 Å². The van der Waals surface area contributed by atoms with Crippen molar-refractivity contribution in [1.82, 2.24) is 5.32 Å². The Morgan fingerprint density at radius 3 is 2.40 bits per heavy atom. The molecule has 0 spiro atoms. The van der Waals surface area contributed by atoms with E-state index in [0.717, 1.165) is 25.6 Å². The molecule has 2 aromatic carbocycles. The van der Waals surface area contributed by atoms with Gasteiger partial charge in [-0.1, -0.05) is 57.3 Å². The summed E-state index contributed by atoms with van der Waals surface area (Å²) in [6, 6.07) is 14.2. The first-order valence-electron chi connectivity index (χ1n) is 6.44. The minimum absolute atomic E-state index is 0.157. The smallest absolute Gasteiger partial charge is 0.0464 e. The highest BCUT2D eigenvalue weighted by Gasteiger charge is 2.14. The van der Waals surface area contributed by atoms with Gasteiger partial charge in [0, 0.05) is 26.6 Å². The lowest BCUT2D eigenvalue weighted by atomic mass is 10.0. The van der Waals surface area contributed by atoms with E-state index >= 15 is 0 Å². The Balaban J connectivity index is 2.12. The maximum absolute atomic E-state index is 6.29. The Morgan fingerprint density at radius 2 is 1.75 bits per heavy atom. The van der Waals surface area contributed by atoms with Crippen LogP contribution in [0.4, 0.5) is 0 Å². The summed E-state index contributed by atoms with van der Waals surface area (Å²) < 4.78 is 0.987. The van der Waals surface area contributed by atoms with Crippen molar-refractivity contribution in [3.63, 3.8) is 0 Å². The van der Waals surface area contributed by atoms with Crippen LogP contribution in [-0.2, 0) is 0 Å². The van der Waals surface area contributed by atoms with Crippen LogP contribution in [-0.4, -0.2) is 0 Å². The summed E-state index contributed by atoms with van der Waals surface area (Å²) >= 11 is 15.7. The molecule has 0 saturated heterocycles. The van der Waals surface area contributed by atoms with Crippen LogP contribution < -0.4 is 5.32 Å². The Bertz CT molecular complexity index is 601. The molecular formula is C16H16BrCl2N. The maximum atomic E-state index is 6.29. The highest BCUT2D eigenvalue weighted by molar-refractivity contribution is 9.10. The molecule has 20 heavy (non-hydrogen) atoms. The molecule has 0 aliphatic carbocycles. The average Bonchev–Trinajstić information content (AvgIpc) is 2.38. The van der Waals surface area contributed by atoms with Gasteiger partial charge in [-0.05, 0) is 49.2 Å². The van der Waals surface area contributed by atoms with E-state index in [2.05, 4.69) is 41.2 Å². The molecule has 0 aliphatic rings. The van der Waals surface area contributed by atoms with Crippen molar-refractivity contribution in [2.45, 2.75) is 25.9 Å². The van der Waals surface area contributed by atoms with Gasteiger partial charge < -0.3 is 5.32 Å². The molecule has 0 aliphatic heterocycles. The minimum atomic E-state index is 0.157. The number of benzene rings is 2. The van der Waals surface area contributed by atoms with Gasteiger partial charge in [0.2, 0.25) is 0 Å². The van der Waals surface area contributed by atoms with E-state index in [1.54, 1.807) is 0 Å². The SMILES string of the molecule is CC(NC(C)c1ccc(Br)cc1Cl)c1cccc(Cl)c1. The van der Waals surface area contributed by atoms with E-state index in [0.29, 0.717) is 0 Å². The summed E-state index contributed by atoms with van der Waals surface area (Å²) in [7, 11) is 0. The van der Waals surface area contributed by atoms with Crippen LogP contribution in [0.5, 0.6) is 0 Å². The highest BCUT2D eigenvalue weighted by Crippen LogP contribution is 2.28. The molecule has 0 saturated carbocycles. The van der Waals surface area contributed by atoms with E-state index in [1.165, 1.54) is 0 Å². The summed E-state index contributed by atoms with van der Waals surface area (Å²) in [6.45, 7) is 4.23. The van der Waals surface area contributed by atoms with Gasteiger partial charge >= 0.3 is 0 Å². The molecule has 2 rings (SSSR count). The lowest BCUT2D eigenvalue weighted by Gasteiger charge is -2.22. The Hall–Kier alpha value is -0.540. The van der Waals surface area contributed by atoms with Gasteiger partial charge in [-0.25, -0.2) is 0 Å². The highest BCUT2D eigenvalue weighted by atomic mass is 79.9. The minimum Gasteiger partial charge on any atom is -0.304 e. The van der Waals surface area contributed by atoms with Gasteiger partial charge in [0.25, 0.3) is 0 Å². The van der Waals surface area contributed by atoms with Crippen molar-refractivity contribution in [3.8, 4) is 0 Å². The van der Waals surface area contributed by atoms with Gasteiger partial charge in [0.05, 0.1) is 0 Å². The summed E-state index contributed by atoms with van der Waals surface area (Å²) in [4.78, 5) is 0. The molecule has 106 valence electrons. The molecular weight excluding hydrogens is 357 g/mol. The summed E-state index contributed by atoms with van der Waals surface area (Å²) in [6.07, 6.45) is 0. The van der Waals surface area contributed by atoms with Crippen molar-refractivity contribution in [2.24, 2.45) is 0 Å². The van der Waals surface area contributed by atoms with Gasteiger partial charge in [0.15, 0.2) is 0 Å². The Morgan fingerprint density at radius 1 is 1.00 bits per heavy atom. The zero-order valence-corrected chi connectivity index (χ0v) is 14.4. The zero-order chi connectivity index (χ0) is 14.7. The molecule has 0 heterocycles. The number of hydrogen-bond donors (Lipinski definition) is 1. The largest absolute Gasteiger partial charge is 0.304 e. The fourth-order valence-electron chi connectivity index (χ4n) is 2.19. The first-order valence-corrected chi connectivity index (χ1v) is 7.98. The predicted molar refractivity (Wildman–Crippen MR) is 90.6 cm³/mol. The van der Waals surface area contributed by atoms with Crippen LogP contribution in [0.15, 0.2) is 46.9 Å². The van der Waals surface area contributed by atoms with Gasteiger partial charge in [-0.3, -0.25) is 0 Å². The maximum Gasteiger partial charge on any atom is 0.0464 e. The summed E-state index contributed by atoms with van der Waals surface area (Å²) in [5.41, 5.74) is 2.25. The zero-order valence-electron chi connectivity index (χ0n) is 11.3. The van der Waals surface area contributed by atoms with Gasteiger partial charge in [-0.2, -0.15) is 0 Å². The first kappa shape index (κ1) is 15.8. The molecule has 1 N–H and O–H groups in total. The Kier molecular flexibility index (Phi) is 5.50. The summed E-state index contributed by atoms with van der Waals surface area (Å²) in [5.74, 6) is 0. The average molecular weight is 373 g/mol. The lowest BCUT2D eigenvalue weighted by molar-refractivity contribution is 0.495. The van der Waals surface area contributed by atoms with E-state index in [4.69, 9.17) is 23.2 Å². The van der Waals surface area contributed by atoms with E-state index in [1.807, 2.05) is 36.4 Å². The van der Waals surface area contributed by atoms with Gasteiger partial charge in [-0.15, -0.1) is 0 Å². The standard InChI is InChI=1S/C16H16BrCl2N/c1-10(12-4-3-5-14(18)8-12)20-11(2)15-7-6-13(17)9-16(15)19/h3-11,20H,1-2H3. The van der Waals surface area contributed by atoms with Crippen molar-refractivity contribution in [2.75, 3.05) is 0 Å². The lowest BCUT2D eigenvalue weighted by Crippen LogP contribution is -2.22. The summed E-state index contributed by atoms with van der Waals surface area (Å²) in [5, 5.41) is 5.06. The van der Waals surface area contributed by atoms with Crippen molar-refractivity contribution >= 4 is 39.1 Å². The second kappa shape index (κ2) is 6.95. The predicted octanol–water partition coefficient (Wildman–Crippen LogP) is 6.17. The van der Waals surface area contributed by atoms with Crippen LogP contribution in [0.3, 0.4) is 0 Å². The van der Waals surface area contributed by atoms with E-state index in [9.17, 15) is 0 Å². The molecule has 2 atom stereocenters. The number of halogens is 3. The van der Waals surface area contributed by atoms with Gasteiger partial charge in [0.1, 0.15) is 0 Å². The van der Waals surface area contributed by atoms with Crippen LogP contribution in [0.2, 0.25) is 10.0 Å². The molecule has 2 aromatic rings. The normalized spacial score (nSPS) is 14.1. The van der Waals surface area contributed by atoms with Crippen molar-refractivity contribution in [1.29, 1.82) is 0 Å². The third kappa shape index (κ3) is 3.98. The Labute approximate surface area is 138 Å². The molecule has 0 aromatic heterocycles. The molecule has 0 bridgehead atoms.